The molecule has 5 heteroatoms. The number of likely N-dealkylation sites (tertiary alicyclic amines) is 1. The molecule has 1 aliphatic rings. The topological polar surface area (TPSA) is 45.5 Å². The minimum atomic E-state index is -0.667. The summed E-state index contributed by atoms with van der Waals surface area (Å²) in [4.78, 5) is 14.9. The summed E-state index contributed by atoms with van der Waals surface area (Å²) >= 11 is 1.79. The number of aromatic nitrogens is 1. The van der Waals surface area contributed by atoms with E-state index < -0.39 is 5.97 Å². The molecule has 1 aliphatic heterocycles. The Morgan fingerprint density at radius 1 is 1.28 bits per heavy atom. The number of benzene rings is 1. The molecule has 0 spiro atoms. The van der Waals surface area contributed by atoms with Gasteiger partial charge in [-0.25, -0.2) is 0 Å². The SMILES string of the molecule is Cc1ccc(-n2c(CN3CCCC(C(=O)O)C3)cc3ccccc32)s1. The number of carbonyl (C=O) groups is 1. The van der Waals surface area contributed by atoms with Crippen LogP contribution in [-0.2, 0) is 11.3 Å². The standard InChI is InChI=1S/C20H22N2O2S/c1-14-8-9-19(25-14)22-17(11-15-5-2-3-7-18(15)22)13-21-10-4-6-16(12-21)20(23)24/h2-3,5,7-9,11,16H,4,6,10,12-13H2,1H3,(H,23,24). The second kappa shape index (κ2) is 6.65. The van der Waals surface area contributed by atoms with Gasteiger partial charge in [0.05, 0.1) is 16.4 Å². The lowest BCUT2D eigenvalue weighted by Crippen LogP contribution is -2.38. The second-order valence-electron chi connectivity index (χ2n) is 6.83. The predicted molar refractivity (Wildman–Crippen MR) is 102 cm³/mol. The summed E-state index contributed by atoms with van der Waals surface area (Å²) in [5.74, 6) is -0.908. The van der Waals surface area contributed by atoms with Gasteiger partial charge in [-0.2, -0.15) is 0 Å². The third-order valence-corrected chi connectivity index (χ3v) is 5.96. The normalized spacial score (nSPS) is 18.7. The first kappa shape index (κ1) is 16.4. The number of hydrogen-bond donors (Lipinski definition) is 1. The van der Waals surface area contributed by atoms with Gasteiger partial charge in [0.2, 0.25) is 0 Å². The second-order valence-corrected chi connectivity index (χ2v) is 8.09. The van der Waals surface area contributed by atoms with Crippen LogP contribution in [0.5, 0.6) is 0 Å². The predicted octanol–water partition coefficient (Wildman–Crippen LogP) is 4.30. The summed E-state index contributed by atoms with van der Waals surface area (Å²) in [5, 5.41) is 11.8. The van der Waals surface area contributed by atoms with Crippen molar-refractivity contribution in [1.82, 2.24) is 9.47 Å². The lowest BCUT2D eigenvalue weighted by atomic mass is 9.98. The number of hydrogen-bond acceptors (Lipinski definition) is 3. The summed E-state index contributed by atoms with van der Waals surface area (Å²) in [6.07, 6.45) is 1.74. The summed E-state index contributed by atoms with van der Waals surface area (Å²) in [6.45, 7) is 4.52. The molecule has 0 saturated carbocycles. The average Bonchev–Trinajstić information content (AvgIpc) is 3.17. The van der Waals surface area contributed by atoms with Gasteiger partial charge in [-0.1, -0.05) is 18.2 Å². The van der Waals surface area contributed by atoms with E-state index in [1.807, 2.05) is 0 Å². The van der Waals surface area contributed by atoms with E-state index in [1.54, 1.807) is 11.3 Å². The molecule has 4 nitrogen and oxygen atoms in total. The number of carboxylic acids is 1. The smallest absolute Gasteiger partial charge is 0.307 e. The third-order valence-electron chi connectivity index (χ3n) is 4.97. The first-order chi connectivity index (χ1) is 12.1. The Kier molecular flexibility index (Phi) is 4.36. The van der Waals surface area contributed by atoms with E-state index in [9.17, 15) is 9.90 Å². The van der Waals surface area contributed by atoms with Crippen molar-refractivity contribution in [3.8, 4) is 5.00 Å². The van der Waals surface area contributed by atoms with Crippen LogP contribution in [0.15, 0.2) is 42.5 Å². The molecule has 1 atom stereocenters. The van der Waals surface area contributed by atoms with Gasteiger partial charge in [-0.15, -0.1) is 11.3 Å². The fraction of sp³-hybridized carbons (Fsp3) is 0.350. The number of rotatable bonds is 4. The molecule has 0 amide bonds. The van der Waals surface area contributed by atoms with Gasteiger partial charge in [0.1, 0.15) is 0 Å². The molecular formula is C20H22N2O2S. The van der Waals surface area contributed by atoms with Crippen molar-refractivity contribution in [1.29, 1.82) is 0 Å². The van der Waals surface area contributed by atoms with E-state index in [1.165, 1.54) is 26.5 Å². The molecule has 0 aliphatic carbocycles. The van der Waals surface area contributed by atoms with Crippen LogP contribution < -0.4 is 0 Å². The van der Waals surface area contributed by atoms with Crippen molar-refractivity contribution in [2.75, 3.05) is 13.1 Å². The Morgan fingerprint density at radius 2 is 2.12 bits per heavy atom. The minimum absolute atomic E-state index is 0.240. The number of aliphatic carboxylic acids is 1. The van der Waals surface area contributed by atoms with Crippen LogP contribution in [0.1, 0.15) is 23.4 Å². The Hall–Kier alpha value is -2.11. The van der Waals surface area contributed by atoms with Crippen molar-refractivity contribution in [2.24, 2.45) is 5.92 Å². The van der Waals surface area contributed by atoms with E-state index in [2.05, 4.69) is 58.9 Å². The lowest BCUT2D eigenvalue weighted by molar-refractivity contribution is -0.143. The van der Waals surface area contributed by atoms with Crippen molar-refractivity contribution in [3.05, 3.63) is 53.0 Å². The molecule has 3 aromatic rings. The van der Waals surface area contributed by atoms with Crippen molar-refractivity contribution >= 4 is 28.2 Å². The number of carboxylic acid groups (broad SMARTS) is 1. The Bertz CT molecular complexity index is 911. The highest BCUT2D eigenvalue weighted by Gasteiger charge is 2.26. The zero-order valence-corrected chi connectivity index (χ0v) is 15.1. The van der Waals surface area contributed by atoms with Crippen molar-refractivity contribution in [2.45, 2.75) is 26.3 Å². The van der Waals surface area contributed by atoms with Crippen LogP contribution in [-0.4, -0.2) is 33.6 Å². The fourth-order valence-electron chi connectivity index (χ4n) is 3.76. The number of fused-ring (bicyclic) bond motifs is 1. The van der Waals surface area contributed by atoms with E-state index in [4.69, 9.17) is 0 Å². The van der Waals surface area contributed by atoms with Crippen LogP contribution in [0.25, 0.3) is 15.9 Å². The highest BCUT2D eigenvalue weighted by atomic mass is 32.1. The molecule has 130 valence electrons. The molecule has 1 fully saturated rings. The molecule has 1 unspecified atom stereocenters. The third kappa shape index (κ3) is 3.22. The Balaban J connectivity index is 1.70. The van der Waals surface area contributed by atoms with Crippen LogP contribution in [0.3, 0.4) is 0 Å². The van der Waals surface area contributed by atoms with Crippen LogP contribution in [0, 0.1) is 12.8 Å². The first-order valence-corrected chi connectivity index (χ1v) is 9.55. The summed E-state index contributed by atoms with van der Waals surface area (Å²) < 4.78 is 2.33. The van der Waals surface area contributed by atoms with E-state index in [0.717, 1.165) is 25.9 Å². The summed E-state index contributed by atoms with van der Waals surface area (Å²) in [6, 6.07) is 15.0. The van der Waals surface area contributed by atoms with Crippen LogP contribution in [0.2, 0.25) is 0 Å². The maximum absolute atomic E-state index is 11.4. The molecular weight excluding hydrogens is 332 g/mol. The fourth-order valence-corrected chi connectivity index (χ4v) is 4.67. The molecule has 0 bridgehead atoms. The molecule has 0 radical (unpaired) electrons. The zero-order valence-electron chi connectivity index (χ0n) is 14.3. The van der Waals surface area contributed by atoms with Gasteiger partial charge in [0, 0.05) is 29.0 Å². The van der Waals surface area contributed by atoms with E-state index >= 15 is 0 Å². The molecule has 1 aromatic carbocycles. The molecule has 3 heterocycles. The number of para-hydroxylation sites is 1. The highest BCUT2D eigenvalue weighted by Crippen LogP contribution is 2.30. The summed E-state index contributed by atoms with van der Waals surface area (Å²) in [5.41, 5.74) is 2.44. The van der Waals surface area contributed by atoms with Crippen molar-refractivity contribution in [3.63, 3.8) is 0 Å². The molecule has 1 saturated heterocycles. The molecule has 25 heavy (non-hydrogen) atoms. The lowest BCUT2D eigenvalue weighted by Gasteiger charge is -2.30. The largest absolute Gasteiger partial charge is 0.481 e. The maximum Gasteiger partial charge on any atom is 0.307 e. The number of thiophene rings is 1. The van der Waals surface area contributed by atoms with Gasteiger partial charge in [-0.05, 0) is 50.6 Å². The van der Waals surface area contributed by atoms with Gasteiger partial charge in [0.15, 0.2) is 0 Å². The highest BCUT2D eigenvalue weighted by molar-refractivity contribution is 7.14. The number of piperidine rings is 1. The Morgan fingerprint density at radius 3 is 2.88 bits per heavy atom. The number of nitrogens with zero attached hydrogens (tertiary/aromatic N) is 2. The van der Waals surface area contributed by atoms with Gasteiger partial charge in [0.25, 0.3) is 0 Å². The van der Waals surface area contributed by atoms with Gasteiger partial charge >= 0.3 is 5.97 Å². The van der Waals surface area contributed by atoms with Crippen LogP contribution >= 0.6 is 11.3 Å². The monoisotopic (exact) mass is 354 g/mol. The first-order valence-electron chi connectivity index (χ1n) is 8.73. The molecule has 1 N–H and O–H groups in total. The van der Waals surface area contributed by atoms with Gasteiger partial charge < -0.3 is 9.67 Å². The van der Waals surface area contributed by atoms with E-state index in [-0.39, 0.29) is 5.92 Å². The summed E-state index contributed by atoms with van der Waals surface area (Å²) in [7, 11) is 0. The minimum Gasteiger partial charge on any atom is -0.481 e. The quantitative estimate of drug-likeness (QED) is 0.760. The zero-order chi connectivity index (χ0) is 17.4. The molecule has 2 aromatic heterocycles. The van der Waals surface area contributed by atoms with E-state index in [0.29, 0.717) is 6.54 Å². The maximum atomic E-state index is 11.4. The van der Waals surface area contributed by atoms with Crippen molar-refractivity contribution < 1.29 is 9.90 Å². The average molecular weight is 354 g/mol. The van der Waals surface area contributed by atoms with Crippen LogP contribution in [0.4, 0.5) is 0 Å². The Labute approximate surface area is 151 Å². The number of aryl methyl sites for hydroxylation is 1. The molecule has 4 rings (SSSR count). The van der Waals surface area contributed by atoms with Gasteiger partial charge in [-0.3, -0.25) is 9.69 Å².